The average Bonchev–Trinajstić information content (AvgIpc) is 2.48. The SMILES string of the molecule is C[C@@H]1OC(=O)C[C@H](C)OC(=O)/C=C/[C@@H](O)[C@@H](C)OC(=O)/C=C/[C@@H]1O. The standard InChI is InChI=1S/C16H22O8/c1-9-8-16(21)24-11(3)13(18)5-7-15(20)23-10(2)12(17)4-6-14(19)22-9/h4-7,9-13,17-18H,8H2,1-3H3/b6-4+,7-5+/t9-,10+,11-,12+,13-/m0/s1. The quantitative estimate of drug-likeness (QED) is 0.467. The highest BCUT2D eigenvalue weighted by Crippen LogP contribution is 2.08. The summed E-state index contributed by atoms with van der Waals surface area (Å²) in [5.74, 6) is -2.22. The molecule has 0 fully saturated rings. The molecule has 0 aromatic rings. The second kappa shape index (κ2) is 9.19. The monoisotopic (exact) mass is 342 g/mol. The minimum absolute atomic E-state index is 0.193. The molecule has 1 aliphatic heterocycles. The van der Waals surface area contributed by atoms with E-state index in [0.29, 0.717) is 0 Å². The number of aliphatic hydroxyl groups excluding tert-OH is 2. The van der Waals surface area contributed by atoms with Crippen LogP contribution in [0.25, 0.3) is 0 Å². The lowest BCUT2D eigenvalue weighted by molar-refractivity contribution is -0.157. The molecule has 0 unspecified atom stereocenters. The normalized spacial score (nSPS) is 36.2. The summed E-state index contributed by atoms with van der Waals surface area (Å²) in [5.41, 5.74) is 0. The molecule has 8 heteroatoms. The zero-order valence-electron chi connectivity index (χ0n) is 13.7. The van der Waals surface area contributed by atoms with E-state index >= 15 is 0 Å². The number of hydrogen-bond acceptors (Lipinski definition) is 8. The molecule has 2 N–H and O–H groups in total. The number of ether oxygens (including phenoxy) is 3. The molecule has 0 bridgehead atoms. The van der Waals surface area contributed by atoms with Gasteiger partial charge in [-0.05, 0) is 32.9 Å². The Morgan fingerprint density at radius 3 is 1.83 bits per heavy atom. The third-order valence-corrected chi connectivity index (χ3v) is 3.21. The van der Waals surface area contributed by atoms with Gasteiger partial charge in [-0.2, -0.15) is 0 Å². The molecule has 24 heavy (non-hydrogen) atoms. The van der Waals surface area contributed by atoms with Crippen LogP contribution in [0.3, 0.4) is 0 Å². The highest BCUT2D eigenvalue weighted by atomic mass is 16.6. The summed E-state index contributed by atoms with van der Waals surface area (Å²) in [7, 11) is 0. The molecule has 0 amide bonds. The van der Waals surface area contributed by atoms with Gasteiger partial charge < -0.3 is 24.4 Å². The van der Waals surface area contributed by atoms with E-state index in [-0.39, 0.29) is 6.42 Å². The summed E-state index contributed by atoms with van der Waals surface area (Å²) >= 11 is 0. The van der Waals surface area contributed by atoms with Gasteiger partial charge in [0.1, 0.15) is 30.5 Å². The second-order valence-electron chi connectivity index (χ2n) is 5.49. The van der Waals surface area contributed by atoms with Crippen LogP contribution >= 0.6 is 0 Å². The number of hydrogen-bond donors (Lipinski definition) is 2. The maximum atomic E-state index is 11.7. The van der Waals surface area contributed by atoms with Crippen molar-refractivity contribution in [3.8, 4) is 0 Å². The minimum atomic E-state index is -1.22. The summed E-state index contributed by atoms with van der Waals surface area (Å²) in [6, 6.07) is 0. The molecule has 0 saturated carbocycles. The van der Waals surface area contributed by atoms with E-state index in [1.807, 2.05) is 0 Å². The van der Waals surface area contributed by atoms with Crippen LogP contribution in [-0.4, -0.2) is 58.6 Å². The molecule has 1 heterocycles. The molecule has 0 aromatic carbocycles. The van der Waals surface area contributed by atoms with Gasteiger partial charge in [0, 0.05) is 12.2 Å². The third-order valence-electron chi connectivity index (χ3n) is 3.21. The van der Waals surface area contributed by atoms with Gasteiger partial charge in [-0.15, -0.1) is 0 Å². The van der Waals surface area contributed by atoms with E-state index in [0.717, 1.165) is 24.3 Å². The van der Waals surface area contributed by atoms with Crippen LogP contribution in [-0.2, 0) is 28.6 Å². The van der Waals surface area contributed by atoms with Gasteiger partial charge in [0.25, 0.3) is 0 Å². The number of cyclic esters (lactones) is 3. The first-order chi connectivity index (χ1) is 11.2. The van der Waals surface area contributed by atoms with Crippen molar-refractivity contribution in [3.63, 3.8) is 0 Å². The number of carbonyl (C=O) groups is 3. The lowest BCUT2D eigenvalue weighted by atomic mass is 10.2. The predicted octanol–water partition coefficient (Wildman–Crippen LogP) is 0.0194. The van der Waals surface area contributed by atoms with Crippen molar-refractivity contribution in [1.82, 2.24) is 0 Å². The number of esters is 3. The van der Waals surface area contributed by atoms with Gasteiger partial charge in [0.05, 0.1) is 6.42 Å². The second-order valence-corrected chi connectivity index (χ2v) is 5.49. The van der Waals surface area contributed by atoms with Gasteiger partial charge >= 0.3 is 17.9 Å². The fourth-order valence-corrected chi connectivity index (χ4v) is 1.80. The molecule has 0 aromatic heterocycles. The minimum Gasteiger partial charge on any atom is -0.459 e. The first-order valence-electron chi connectivity index (χ1n) is 7.52. The first kappa shape index (κ1) is 19.9. The Balaban J connectivity index is 2.91. The molecular weight excluding hydrogens is 320 g/mol. The lowest BCUT2D eigenvalue weighted by Gasteiger charge is -2.19. The van der Waals surface area contributed by atoms with Crippen LogP contribution in [0.1, 0.15) is 27.2 Å². The maximum absolute atomic E-state index is 11.7. The van der Waals surface area contributed by atoms with Crippen molar-refractivity contribution in [2.24, 2.45) is 0 Å². The van der Waals surface area contributed by atoms with Crippen molar-refractivity contribution in [1.29, 1.82) is 0 Å². The van der Waals surface area contributed by atoms with Gasteiger partial charge in [-0.3, -0.25) is 4.79 Å². The van der Waals surface area contributed by atoms with E-state index in [9.17, 15) is 24.6 Å². The first-order valence-corrected chi connectivity index (χ1v) is 7.52. The Morgan fingerprint density at radius 1 is 0.833 bits per heavy atom. The number of carbonyl (C=O) groups excluding carboxylic acids is 3. The van der Waals surface area contributed by atoms with Gasteiger partial charge in [0.2, 0.25) is 0 Å². The van der Waals surface area contributed by atoms with Crippen molar-refractivity contribution < 1.29 is 38.8 Å². The molecule has 0 radical (unpaired) electrons. The molecule has 1 aliphatic rings. The largest absolute Gasteiger partial charge is 0.459 e. The predicted molar refractivity (Wildman–Crippen MR) is 81.6 cm³/mol. The zero-order valence-corrected chi connectivity index (χ0v) is 13.7. The topological polar surface area (TPSA) is 119 Å². The Hall–Kier alpha value is -2.19. The van der Waals surface area contributed by atoms with Crippen LogP contribution in [0.5, 0.6) is 0 Å². The zero-order chi connectivity index (χ0) is 18.3. The fourth-order valence-electron chi connectivity index (χ4n) is 1.80. The van der Waals surface area contributed by atoms with Crippen molar-refractivity contribution in [2.45, 2.75) is 57.7 Å². The summed E-state index contributed by atoms with van der Waals surface area (Å²) in [4.78, 5) is 34.9. The lowest BCUT2D eigenvalue weighted by Crippen LogP contribution is -2.30. The summed E-state index contributed by atoms with van der Waals surface area (Å²) in [6.07, 6.45) is -0.961. The molecule has 1 rings (SSSR count). The highest BCUT2D eigenvalue weighted by Gasteiger charge is 2.21. The Kier molecular flexibility index (Phi) is 7.60. The molecule has 0 saturated heterocycles. The Morgan fingerprint density at radius 2 is 1.29 bits per heavy atom. The Bertz CT molecular complexity index is 524. The number of rotatable bonds is 0. The summed E-state index contributed by atoms with van der Waals surface area (Å²) in [5, 5.41) is 19.6. The van der Waals surface area contributed by atoms with Crippen LogP contribution in [0.4, 0.5) is 0 Å². The van der Waals surface area contributed by atoms with Crippen molar-refractivity contribution >= 4 is 17.9 Å². The summed E-state index contributed by atoms with van der Waals surface area (Å²) < 4.78 is 14.9. The maximum Gasteiger partial charge on any atom is 0.330 e. The van der Waals surface area contributed by atoms with E-state index in [4.69, 9.17) is 14.2 Å². The third kappa shape index (κ3) is 6.93. The van der Waals surface area contributed by atoms with E-state index < -0.39 is 48.4 Å². The van der Waals surface area contributed by atoms with Crippen LogP contribution in [0, 0.1) is 0 Å². The number of aliphatic hydroxyl groups is 2. The van der Waals surface area contributed by atoms with Crippen molar-refractivity contribution in [2.75, 3.05) is 0 Å². The van der Waals surface area contributed by atoms with Crippen LogP contribution in [0.2, 0.25) is 0 Å². The molecule has 134 valence electrons. The molecule has 0 spiro atoms. The molecular formula is C16H22O8. The molecule has 5 atom stereocenters. The summed E-state index contributed by atoms with van der Waals surface area (Å²) in [6.45, 7) is 4.41. The van der Waals surface area contributed by atoms with Crippen molar-refractivity contribution in [3.05, 3.63) is 24.3 Å². The average molecular weight is 342 g/mol. The van der Waals surface area contributed by atoms with Crippen LogP contribution in [0.15, 0.2) is 24.3 Å². The Labute approximate surface area is 139 Å². The molecule has 8 nitrogen and oxygen atoms in total. The molecule has 0 aliphatic carbocycles. The van der Waals surface area contributed by atoms with Gasteiger partial charge in [-0.25, -0.2) is 9.59 Å². The van der Waals surface area contributed by atoms with Crippen LogP contribution < -0.4 is 0 Å². The van der Waals surface area contributed by atoms with E-state index in [2.05, 4.69) is 0 Å². The van der Waals surface area contributed by atoms with E-state index in [1.54, 1.807) is 0 Å². The fraction of sp³-hybridized carbons (Fsp3) is 0.562. The van der Waals surface area contributed by atoms with Gasteiger partial charge in [0.15, 0.2) is 0 Å². The van der Waals surface area contributed by atoms with Gasteiger partial charge in [-0.1, -0.05) is 0 Å². The highest BCUT2D eigenvalue weighted by molar-refractivity contribution is 5.83. The smallest absolute Gasteiger partial charge is 0.330 e. The van der Waals surface area contributed by atoms with E-state index in [1.165, 1.54) is 20.8 Å².